The number of hydrogen-bond donors (Lipinski definition) is 1. The summed E-state index contributed by atoms with van der Waals surface area (Å²) in [4.78, 5) is 15.5. The van der Waals surface area contributed by atoms with Gasteiger partial charge in [0.15, 0.2) is 0 Å². The number of anilines is 1. The van der Waals surface area contributed by atoms with Gasteiger partial charge in [0.05, 0.1) is 4.83 Å². The van der Waals surface area contributed by atoms with Crippen LogP contribution in [0.3, 0.4) is 0 Å². The van der Waals surface area contributed by atoms with Gasteiger partial charge in [-0.25, -0.2) is 4.98 Å². The topological polar surface area (TPSA) is 42.0 Å². The smallest absolute Gasteiger partial charge is 0.239 e. The third kappa shape index (κ3) is 4.30. The van der Waals surface area contributed by atoms with Gasteiger partial charge in [0, 0.05) is 10.7 Å². The summed E-state index contributed by atoms with van der Waals surface area (Å²) in [5, 5.41) is 2.74. The molecule has 0 bridgehead atoms. The first kappa shape index (κ1) is 12.6. The average Bonchev–Trinajstić information content (AvgIpc) is 2.22. The summed E-state index contributed by atoms with van der Waals surface area (Å²) in [6.07, 6.45) is 3.44. The zero-order valence-corrected chi connectivity index (χ0v) is 11.5. The molecule has 0 saturated carbocycles. The Morgan fingerprint density at radius 2 is 2.33 bits per heavy atom. The number of hydrogen-bond acceptors (Lipinski definition) is 2. The predicted octanol–water partition coefficient (Wildman–Crippen LogP) is 3.35. The highest BCUT2D eigenvalue weighted by Crippen LogP contribution is 2.13. The van der Waals surface area contributed by atoms with Crippen molar-refractivity contribution in [1.29, 1.82) is 0 Å². The van der Waals surface area contributed by atoms with Crippen LogP contribution in [0.2, 0.25) is 0 Å². The number of nitrogens with one attached hydrogen (secondary N) is 1. The Kier molecular flexibility index (Phi) is 5.25. The maximum absolute atomic E-state index is 11.6. The number of carbonyl (C=O) groups is 1. The Bertz CT molecular complexity index is 327. The van der Waals surface area contributed by atoms with E-state index in [2.05, 4.69) is 42.2 Å². The zero-order valence-electron chi connectivity index (χ0n) is 8.34. The van der Waals surface area contributed by atoms with E-state index < -0.39 is 0 Å². The standard InChI is InChI=1S/C10H12Br2N2O/c1-2-3-8(12)10(15)14-9-5-4-7(11)6-13-9/h4-6,8H,2-3H2,1H3,(H,13,14,15). The van der Waals surface area contributed by atoms with Crippen LogP contribution < -0.4 is 5.32 Å². The maximum atomic E-state index is 11.6. The lowest BCUT2D eigenvalue weighted by molar-refractivity contribution is -0.115. The van der Waals surface area contributed by atoms with E-state index in [4.69, 9.17) is 0 Å². The fourth-order valence-corrected chi connectivity index (χ4v) is 1.85. The van der Waals surface area contributed by atoms with Crippen molar-refractivity contribution < 1.29 is 4.79 Å². The van der Waals surface area contributed by atoms with E-state index in [1.807, 2.05) is 13.0 Å². The predicted molar refractivity (Wildman–Crippen MR) is 68.2 cm³/mol. The normalized spacial score (nSPS) is 12.2. The highest BCUT2D eigenvalue weighted by molar-refractivity contribution is 9.10. The van der Waals surface area contributed by atoms with Crippen molar-refractivity contribution in [3.8, 4) is 0 Å². The number of aromatic nitrogens is 1. The van der Waals surface area contributed by atoms with Crippen LogP contribution in [0.25, 0.3) is 0 Å². The van der Waals surface area contributed by atoms with Gasteiger partial charge in [-0.3, -0.25) is 4.79 Å². The monoisotopic (exact) mass is 334 g/mol. The van der Waals surface area contributed by atoms with Gasteiger partial charge in [-0.05, 0) is 34.5 Å². The van der Waals surface area contributed by atoms with Gasteiger partial charge >= 0.3 is 0 Å². The van der Waals surface area contributed by atoms with Crippen molar-refractivity contribution in [3.05, 3.63) is 22.8 Å². The molecule has 1 N–H and O–H groups in total. The molecule has 82 valence electrons. The van der Waals surface area contributed by atoms with Crippen LogP contribution in [0.1, 0.15) is 19.8 Å². The molecule has 0 aromatic carbocycles. The average molecular weight is 336 g/mol. The first-order chi connectivity index (χ1) is 7.13. The lowest BCUT2D eigenvalue weighted by Gasteiger charge is -2.08. The van der Waals surface area contributed by atoms with Crippen LogP contribution in [0.15, 0.2) is 22.8 Å². The number of amides is 1. The van der Waals surface area contributed by atoms with E-state index in [9.17, 15) is 4.79 Å². The van der Waals surface area contributed by atoms with Crippen LogP contribution in [-0.2, 0) is 4.79 Å². The van der Waals surface area contributed by atoms with Crippen LogP contribution >= 0.6 is 31.9 Å². The molecule has 1 rings (SSSR count). The molecule has 1 amide bonds. The molecule has 1 heterocycles. The van der Waals surface area contributed by atoms with E-state index in [-0.39, 0.29) is 10.7 Å². The molecule has 1 atom stereocenters. The molecule has 0 aliphatic rings. The Morgan fingerprint density at radius 3 is 2.87 bits per heavy atom. The minimum absolute atomic E-state index is 0.0494. The molecule has 1 aromatic heterocycles. The van der Waals surface area contributed by atoms with Crippen molar-refractivity contribution >= 4 is 43.6 Å². The van der Waals surface area contributed by atoms with Gasteiger partial charge in [0.2, 0.25) is 5.91 Å². The Hall–Kier alpha value is -0.420. The van der Waals surface area contributed by atoms with Crippen molar-refractivity contribution in [1.82, 2.24) is 4.98 Å². The Morgan fingerprint density at radius 1 is 1.60 bits per heavy atom. The summed E-state index contributed by atoms with van der Waals surface area (Å²) in [7, 11) is 0. The molecule has 0 aliphatic heterocycles. The number of halogens is 2. The van der Waals surface area contributed by atoms with E-state index in [0.29, 0.717) is 5.82 Å². The minimum atomic E-state index is -0.145. The summed E-state index contributed by atoms with van der Waals surface area (Å²) in [6, 6.07) is 3.60. The fourth-order valence-electron chi connectivity index (χ4n) is 1.04. The van der Waals surface area contributed by atoms with Gasteiger partial charge in [-0.15, -0.1) is 0 Å². The Labute approximate surface area is 106 Å². The van der Waals surface area contributed by atoms with E-state index >= 15 is 0 Å². The summed E-state index contributed by atoms with van der Waals surface area (Å²) < 4.78 is 0.893. The number of alkyl halides is 1. The second-order valence-corrected chi connectivity index (χ2v) is 5.13. The van der Waals surface area contributed by atoms with E-state index in [1.165, 1.54) is 0 Å². The number of rotatable bonds is 4. The summed E-state index contributed by atoms with van der Waals surface area (Å²) in [6.45, 7) is 2.04. The molecule has 1 unspecified atom stereocenters. The number of pyridine rings is 1. The fraction of sp³-hybridized carbons (Fsp3) is 0.400. The summed E-state index contributed by atoms with van der Waals surface area (Å²) in [5.41, 5.74) is 0. The Balaban J connectivity index is 2.54. The minimum Gasteiger partial charge on any atom is -0.310 e. The van der Waals surface area contributed by atoms with E-state index in [0.717, 1.165) is 17.3 Å². The van der Waals surface area contributed by atoms with Crippen LogP contribution in [0.4, 0.5) is 5.82 Å². The number of nitrogens with zero attached hydrogens (tertiary/aromatic N) is 1. The zero-order chi connectivity index (χ0) is 11.3. The first-order valence-electron chi connectivity index (χ1n) is 4.70. The largest absolute Gasteiger partial charge is 0.310 e. The molecule has 0 aliphatic carbocycles. The van der Waals surface area contributed by atoms with Gasteiger partial charge < -0.3 is 5.32 Å². The SMILES string of the molecule is CCCC(Br)C(=O)Nc1ccc(Br)cn1. The third-order valence-corrected chi connectivity index (χ3v) is 3.15. The molecule has 0 spiro atoms. The molecule has 0 fully saturated rings. The summed E-state index contributed by atoms with van der Waals surface area (Å²) in [5.74, 6) is 0.524. The maximum Gasteiger partial charge on any atom is 0.239 e. The van der Waals surface area contributed by atoms with Crippen molar-refractivity contribution in [2.75, 3.05) is 5.32 Å². The van der Waals surface area contributed by atoms with Crippen LogP contribution in [0, 0.1) is 0 Å². The molecule has 3 nitrogen and oxygen atoms in total. The van der Waals surface area contributed by atoms with Crippen LogP contribution in [-0.4, -0.2) is 15.7 Å². The highest BCUT2D eigenvalue weighted by atomic mass is 79.9. The van der Waals surface area contributed by atoms with Gasteiger partial charge in [-0.2, -0.15) is 0 Å². The van der Waals surface area contributed by atoms with Crippen LogP contribution in [0.5, 0.6) is 0 Å². The molecule has 5 heteroatoms. The van der Waals surface area contributed by atoms with Crippen molar-refractivity contribution in [2.45, 2.75) is 24.6 Å². The van der Waals surface area contributed by atoms with E-state index in [1.54, 1.807) is 12.3 Å². The summed E-state index contributed by atoms with van der Waals surface area (Å²) >= 11 is 6.61. The van der Waals surface area contributed by atoms with Gasteiger partial charge in [-0.1, -0.05) is 29.3 Å². The lowest BCUT2D eigenvalue weighted by Crippen LogP contribution is -2.23. The second kappa shape index (κ2) is 6.23. The van der Waals surface area contributed by atoms with Gasteiger partial charge in [0.25, 0.3) is 0 Å². The molecule has 1 aromatic rings. The lowest BCUT2D eigenvalue weighted by atomic mass is 10.2. The third-order valence-electron chi connectivity index (χ3n) is 1.81. The molecular formula is C10H12Br2N2O. The van der Waals surface area contributed by atoms with Gasteiger partial charge in [0.1, 0.15) is 5.82 Å². The quantitative estimate of drug-likeness (QED) is 0.857. The molecule has 15 heavy (non-hydrogen) atoms. The molecule has 0 saturated heterocycles. The van der Waals surface area contributed by atoms with Crippen molar-refractivity contribution in [2.24, 2.45) is 0 Å². The highest BCUT2D eigenvalue weighted by Gasteiger charge is 2.13. The second-order valence-electron chi connectivity index (χ2n) is 3.11. The number of carbonyl (C=O) groups excluding carboxylic acids is 1. The first-order valence-corrected chi connectivity index (χ1v) is 6.41. The molecule has 0 radical (unpaired) electrons. The van der Waals surface area contributed by atoms with Crippen molar-refractivity contribution in [3.63, 3.8) is 0 Å². The molecular weight excluding hydrogens is 324 g/mol.